The first kappa shape index (κ1) is 40.0. The van der Waals surface area contributed by atoms with Crippen molar-refractivity contribution in [3.63, 3.8) is 0 Å². The number of para-hydroxylation sites is 3. The van der Waals surface area contributed by atoms with E-state index in [9.17, 15) is 0 Å². The summed E-state index contributed by atoms with van der Waals surface area (Å²) < 4.78 is 6.72. The molecular weight excluding hydrogens is 928 g/mol. The largest absolute Gasteiger partial charge is 0.509 e. The summed E-state index contributed by atoms with van der Waals surface area (Å²) in [5.74, 6) is 1.98. The Bertz CT molecular complexity index is 2880. The van der Waals surface area contributed by atoms with Crippen LogP contribution in [-0.4, -0.2) is 4.98 Å². The summed E-state index contributed by atoms with van der Waals surface area (Å²) in [5, 5.41) is 0. The van der Waals surface area contributed by atoms with Gasteiger partial charge in [0.25, 0.3) is 0 Å². The number of ether oxygens (including phenoxy) is 1. The van der Waals surface area contributed by atoms with Crippen LogP contribution in [0.3, 0.4) is 0 Å². The van der Waals surface area contributed by atoms with Crippen LogP contribution >= 0.6 is 0 Å². The van der Waals surface area contributed by atoms with Crippen molar-refractivity contribution in [2.45, 2.75) is 45.4 Å². The van der Waals surface area contributed by atoms with Crippen molar-refractivity contribution in [1.29, 1.82) is 0 Å². The summed E-state index contributed by atoms with van der Waals surface area (Å²) in [6, 6.07) is 66.9. The number of anilines is 7. The predicted octanol–water partition coefficient (Wildman–Crippen LogP) is 14.6. The van der Waals surface area contributed by atoms with E-state index >= 15 is 0 Å². The number of benzene rings is 7. The average molecular weight is 973 g/mol. The Morgan fingerprint density at radius 1 is 0.508 bits per heavy atom. The number of pyridine rings is 1. The van der Waals surface area contributed by atoms with Crippen LogP contribution in [0.5, 0.6) is 11.5 Å². The Hall–Kier alpha value is -6.42. The molecular formula is C55H45N4OPt-3. The maximum atomic E-state index is 6.72. The molecule has 304 valence electrons. The van der Waals surface area contributed by atoms with Gasteiger partial charge in [0.05, 0.1) is 5.69 Å². The molecule has 0 saturated carbocycles. The standard InChI is InChI=1S/C55H45N4O.Pt/c1-54(2,3)39-19-15-20-41(33-39)57-37-58(51-28-14-13-27-50(51)57)42-21-16-22-43(35-42)60-44-29-30-48-46-24-10-9-23-45(46)47-25-11-12-26-49(47)59(52(48)36-44)53-34-40(31-32-56-53)55(4,5)38-17-7-6-8-18-38;/h6-34,37H,1-5H3;/q-3;. The molecule has 2 aliphatic rings. The van der Waals surface area contributed by atoms with Crippen molar-refractivity contribution < 1.29 is 25.8 Å². The van der Waals surface area contributed by atoms with E-state index in [0.29, 0.717) is 11.5 Å². The third-order valence-corrected chi connectivity index (χ3v) is 11.8. The van der Waals surface area contributed by atoms with Crippen molar-refractivity contribution in [2.75, 3.05) is 14.7 Å². The molecule has 0 aliphatic carbocycles. The molecule has 61 heavy (non-hydrogen) atoms. The molecule has 6 heteroatoms. The number of aromatic nitrogens is 1. The van der Waals surface area contributed by atoms with E-state index in [1.807, 2.05) is 24.4 Å². The maximum Gasteiger partial charge on any atom is 0.135 e. The van der Waals surface area contributed by atoms with E-state index in [1.165, 1.54) is 16.7 Å². The normalized spacial score (nSPS) is 13.0. The summed E-state index contributed by atoms with van der Waals surface area (Å²) >= 11 is 0. The average Bonchev–Trinajstić information content (AvgIpc) is 3.62. The van der Waals surface area contributed by atoms with Crippen LogP contribution in [0, 0.1) is 18.8 Å². The van der Waals surface area contributed by atoms with Crippen LogP contribution in [0.25, 0.3) is 22.3 Å². The van der Waals surface area contributed by atoms with Crippen LogP contribution in [0.4, 0.5) is 39.9 Å². The van der Waals surface area contributed by atoms with Gasteiger partial charge in [0.15, 0.2) is 0 Å². The van der Waals surface area contributed by atoms with E-state index in [2.05, 4.69) is 220 Å². The fourth-order valence-electron chi connectivity index (χ4n) is 8.46. The van der Waals surface area contributed by atoms with Gasteiger partial charge in [-0.15, -0.1) is 48.3 Å². The molecule has 0 unspecified atom stereocenters. The molecule has 0 atom stereocenters. The number of fused-ring (bicyclic) bond motifs is 6. The molecule has 10 rings (SSSR count). The second-order valence-electron chi connectivity index (χ2n) is 17.0. The van der Waals surface area contributed by atoms with Gasteiger partial charge < -0.3 is 19.4 Å². The van der Waals surface area contributed by atoms with Crippen molar-refractivity contribution in [1.82, 2.24) is 4.98 Å². The quantitative estimate of drug-likeness (QED) is 0.149. The molecule has 8 aromatic rings. The Balaban J connectivity index is 0.00000476. The smallest absolute Gasteiger partial charge is 0.135 e. The SMILES string of the molecule is CC(C)(C)c1cccc(N2[CH-]N(c3[c-]c(Oc4[c-]c5c(cc4)-c4ccccc4-c4ccccc4N5c4cc(C(C)(C)c5ccccc5)ccn4)ccc3)c3ccccc32)c1.[Pt]. The zero-order valence-corrected chi connectivity index (χ0v) is 37.1. The summed E-state index contributed by atoms with van der Waals surface area (Å²) in [6.45, 7) is 13.4. The summed E-state index contributed by atoms with van der Waals surface area (Å²) in [5.41, 5.74) is 14.0. The second kappa shape index (κ2) is 15.9. The topological polar surface area (TPSA) is 31.8 Å². The number of hydrogen-bond donors (Lipinski definition) is 0. The van der Waals surface area contributed by atoms with E-state index in [0.717, 1.165) is 62.2 Å². The molecule has 1 aromatic heterocycles. The molecule has 7 aromatic carbocycles. The van der Waals surface area contributed by atoms with Gasteiger partial charge in [-0.2, -0.15) is 12.1 Å². The van der Waals surface area contributed by atoms with Crippen molar-refractivity contribution in [3.8, 4) is 33.8 Å². The fraction of sp³-hybridized carbons (Fsp3) is 0.127. The molecule has 0 fully saturated rings. The van der Waals surface area contributed by atoms with E-state index in [1.54, 1.807) is 0 Å². The van der Waals surface area contributed by atoms with Crippen LogP contribution in [-0.2, 0) is 31.9 Å². The Labute approximate surface area is 374 Å². The Morgan fingerprint density at radius 3 is 1.89 bits per heavy atom. The summed E-state index contributed by atoms with van der Waals surface area (Å²) in [6.07, 6.45) is 1.92. The second-order valence-corrected chi connectivity index (χ2v) is 17.0. The van der Waals surface area contributed by atoms with Crippen LogP contribution in [0.2, 0.25) is 0 Å². The monoisotopic (exact) mass is 972 g/mol. The third kappa shape index (κ3) is 7.32. The molecule has 3 heterocycles. The van der Waals surface area contributed by atoms with Crippen molar-refractivity contribution in [2.24, 2.45) is 0 Å². The minimum atomic E-state index is -0.258. The third-order valence-electron chi connectivity index (χ3n) is 11.8. The van der Waals surface area contributed by atoms with Gasteiger partial charge in [-0.3, -0.25) is 0 Å². The number of hydrogen-bond acceptors (Lipinski definition) is 5. The fourth-order valence-corrected chi connectivity index (χ4v) is 8.46. The van der Waals surface area contributed by atoms with Gasteiger partial charge >= 0.3 is 0 Å². The minimum absolute atomic E-state index is 0. The van der Waals surface area contributed by atoms with E-state index < -0.39 is 0 Å². The number of nitrogens with zero attached hydrogens (tertiary/aromatic N) is 4. The van der Waals surface area contributed by atoms with Crippen LogP contribution in [0.15, 0.2) is 176 Å². The maximum absolute atomic E-state index is 6.72. The zero-order chi connectivity index (χ0) is 41.0. The Morgan fingerprint density at radius 2 is 1.13 bits per heavy atom. The van der Waals surface area contributed by atoms with Crippen molar-refractivity contribution in [3.05, 3.63) is 212 Å². The molecule has 0 N–H and O–H groups in total. The molecule has 5 nitrogen and oxygen atoms in total. The molecule has 0 bridgehead atoms. The molecule has 0 radical (unpaired) electrons. The van der Waals surface area contributed by atoms with Crippen molar-refractivity contribution >= 4 is 39.9 Å². The summed E-state index contributed by atoms with van der Waals surface area (Å²) in [4.78, 5) is 11.7. The first-order chi connectivity index (χ1) is 29.1. The first-order valence-corrected chi connectivity index (χ1v) is 20.5. The number of rotatable bonds is 7. The zero-order valence-electron chi connectivity index (χ0n) is 34.8. The van der Waals surface area contributed by atoms with Gasteiger partial charge in [-0.05, 0) is 70.1 Å². The molecule has 2 aliphatic heterocycles. The van der Waals surface area contributed by atoms with Gasteiger partial charge in [-0.25, -0.2) is 4.98 Å². The van der Waals surface area contributed by atoms with E-state index in [4.69, 9.17) is 9.72 Å². The van der Waals surface area contributed by atoms with Gasteiger partial charge in [0.1, 0.15) is 5.82 Å². The molecule has 0 amide bonds. The van der Waals surface area contributed by atoms with Gasteiger partial charge in [0.2, 0.25) is 0 Å². The van der Waals surface area contributed by atoms with Crippen LogP contribution < -0.4 is 19.4 Å². The van der Waals surface area contributed by atoms with Gasteiger partial charge in [0, 0.05) is 66.8 Å². The van der Waals surface area contributed by atoms with E-state index in [-0.39, 0.29) is 31.9 Å². The first-order valence-electron chi connectivity index (χ1n) is 20.5. The Kier molecular flexibility index (Phi) is 10.4. The molecule has 0 saturated heterocycles. The minimum Gasteiger partial charge on any atom is -0.509 e. The van der Waals surface area contributed by atoms with Gasteiger partial charge in [-0.1, -0.05) is 143 Å². The summed E-state index contributed by atoms with van der Waals surface area (Å²) in [7, 11) is 0. The van der Waals surface area contributed by atoms with Crippen LogP contribution in [0.1, 0.15) is 51.3 Å². The predicted molar refractivity (Wildman–Crippen MR) is 246 cm³/mol. The molecule has 0 spiro atoms.